The fourth-order valence-electron chi connectivity index (χ4n) is 3.21. The standard InChI is InChI=1S/C16H21N5O2/c1-9-4-5-11(14(17)22)8-21(9)16(23)12-6-13-10(2)19-20(3)15(13)18-7-12/h6-7,9,11H,4-5,8H2,1-3H3,(H2,17,22)/t9-,11-/m0/s1. The first-order valence-electron chi connectivity index (χ1n) is 7.78. The molecule has 0 aliphatic carbocycles. The summed E-state index contributed by atoms with van der Waals surface area (Å²) in [6, 6.07) is 1.91. The molecule has 1 aliphatic heterocycles. The minimum absolute atomic E-state index is 0.0868. The average molecular weight is 315 g/mol. The third-order valence-corrected chi connectivity index (χ3v) is 4.66. The Morgan fingerprint density at radius 1 is 1.35 bits per heavy atom. The summed E-state index contributed by atoms with van der Waals surface area (Å²) >= 11 is 0. The van der Waals surface area contributed by atoms with Gasteiger partial charge in [-0.25, -0.2) is 4.98 Å². The van der Waals surface area contributed by atoms with E-state index in [0.29, 0.717) is 12.1 Å². The fourth-order valence-corrected chi connectivity index (χ4v) is 3.21. The number of aryl methyl sites for hydroxylation is 2. The molecule has 2 atom stereocenters. The van der Waals surface area contributed by atoms with Crippen molar-refractivity contribution in [1.29, 1.82) is 0 Å². The number of carbonyl (C=O) groups excluding carboxylic acids is 2. The number of piperidine rings is 1. The number of hydrogen-bond donors (Lipinski definition) is 1. The van der Waals surface area contributed by atoms with Crippen LogP contribution in [0.5, 0.6) is 0 Å². The van der Waals surface area contributed by atoms with Gasteiger partial charge in [-0.15, -0.1) is 0 Å². The zero-order valence-electron chi connectivity index (χ0n) is 13.6. The molecule has 2 N–H and O–H groups in total. The molecule has 3 heterocycles. The van der Waals surface area contributed by atoms with Crippen LogP contribution in [0.4, 0.5) is 0 Å². The lowest BCUT2D eigenvalue weighted by Gasteiger charge is -2.36. The number of aromatic nitrogens is 3. The van der Waals surface area contributed by atoms with Gasteiger partial charge in [-0.05, 0) is 32.8 Å². The van der Waals surface area contributed by atoms with Crippen LogP contribution < -0.4 is 5.73 Å². The number of amides is 2. The molecule has 0 saturated carbocycles. The van der Waals surface area contributed by atoms with Gasteiger partial charge in [0.2, 0.25) is 5.91 Å². The van der Waals surface area contributed by atoms with Crippen molar-refractivity contribution in [1.82, 2.24) is 19.7 Å². The quantitative estimate of drug-likeness (QED) is 0.894. The summed E-state index contributed by atoms with van der Waals surface area (Å²) in [4.78, 5) is 30.4. The molecule has 2 amide bonds. The predicted molar refractivity (Wildman–Crippen MR) is 85.7 cm³/mol. The van der Waals surface area contributed by atoms with Crippen LogP contribution in [0.3, 0.4) is 0 Å². The Morgan fingerprint density at radius 2 is 2.09 bits per heavy atom. The van der Waals surface area contributed by atoms with Crippen molar-refractivity contribution in [3.8, 4) is 0 Å². The predicted octanol–water partition coefficient (Wildman–Crippen LogP) is 1.00. The van der Waals surface area contributed by atoms with Crippen molar-refractivity contribution in [3.63, 3.8) is 0 Å². The summed E-state index contributed by atoms with van der Waals surface area (Å²) in [5, 5.41) is 5.19. The number of likely N-dealkylation sites (tertiary alicyclic amines) is 1. The average Bonchev–Trinajstić information content (AvgIpc) is 2.81. The van der Waals surface area contributed by atoms with Crippen LogP contribution in [0, 0.1) is 12.8 Å². The van der Waals surface area contributed by atoms with E-state index in [2.05, 4.69) is 10.1 Å². The van der Waals surface area contributed by atoms with Gasteiger partial charge in [-0.3, -0.25) is 14.3 Å². The largest absolute Gasteiger partial charge is 0.369 e. The van der Waals surface area contributed by atoms with E-state index in [1.165, 1.54) is 0 Å². The van der Waals surface area contributed by atoms with Gasteiger partial charge in [0, 0.05) is 31.2 Å². The highest BCUT2D eigenvalue weighted by molar-refractivity contribution is 5.97. The highest BCUT2D eigenvalue weighted by atomic mass is 16.2. The summed E-state index contributed by atoms with van der Waals surface area (Å²) < 4.78 is 1.70. The summed E-state index contributed by atoms with van der Waals surface area (Å²) in [6.45, 7) is 4.26. The molecule has 3 rings (SSSR count). The van der Waals surface area contributed by atoms with E-state index in [4.69, 9.17) is 5.73 Å². The number of nitrogens with zero attached hydrogens (tertiary/aromatic N) is 4. The van der Waals surface area contributed by atoms with Crippen LogP contribution in [-0.4, -0.2) is 44.1 Å². The number of rotatable bonds is 2. The Morgan fingerprint density at radius 3 is 2.78 bits per heavy atom. The van der Waals surface area contributed by atoms with Gasteiger partial charge in [-0.2, -0.15) is 5.10 Å². The first-order chi connectivity index (χ1) is 10.9. The topological polar surface area (TPSA) is 94.1 Å². The first kappa shape index (κ1) is 15.5. The molecular formula is C16H21N5O2. The molecule has 1 saturated heterocycles. The van der Waals surface area contributed by atoms with E-state index in [-0.39, 0.29) is 23.8 Å². The fraction of sp³-hybridized carbons (Fsp3) is 0.500. The molecule has 2 aromatic heterocycles. The lowest BCUT2D eigenvalue weighted by atomic mass is 9.92. The SMILES string of the molecule is Cc1nn(C)c2ncc(C(=O)N3C[C@@H](C(N)=O)CC[C@@H]3C)cc12. The van der Waals surface area contributed by atoms with Gasteiger partial charge >= 0.3 is 0 Å². The molecule has 1 aliphatic rings. The molecule has 0 unspecified atom stereocenters. The van der Waals surface area contributed by atoms with Gasteiger partial charge in [-0.1, -0.05) is 0 Å². The summed E-state index contributed by atoms with van der Waals surface area (Å²) in [7, 11) is 1.83. The molecule has 0 aromatic carbocycles. The van der Waals surface area contributed by atoms with Gasteiger partial charge in [0.15, 0.2) is 5.65 Å². The summed E-state index contributed by atoms with van der Waals surface area (Å²) in [5.41, 5.74) is 7.52. The molecular weight excluding hydrogens is 294 g/mol. The number of hydrogen-bond acceptors (Lipinski definition) is 4. The normalized spacial score (nSPS) is 21.6. The summed E-state index contributed by atoms with van der Waals surface area (Å²) in [6.07, 6.45) is 3.09. The minimum Gasteiger partial charge on any atom is -0.369 e. The number of primary amides is 1. The Hall–Kier alpha value is -2.44. The molecule has 122 valence electrons. The van der Waals surface area contributed by atoms with Gasteiger partial charge in [0.25, 0.3) is 5.91 Å². The van der Waals surface area contributed by atoms with Crippen molar-refractivity contribution >= 4 is 22.8 Å². The van der Waals surface area contributed by atoms with Crippen molar-refractivity contribution in [3.05, 3.63) is 23.5 Å². The number of pyridine rings is 1. The highest BCUT2D eigenvalue weighted by Gasteiger charge is 2.32. The number of carbonyl (C=O) groups is 2. The smallest absolute Gasteiger partial charge is 0.255 e. The van der Waals surface area contributed by atoms with Gasteiger partial charge in [0.1, 0.15) is 0 Å². The Balaban J connectivity index is 1.92. The maximum absolute atomic E-state index is 12.8. The van der Waals surface area contributed by atoms with Crippen molar-refractivity contribution in [2.45, 2.75) is 32.7 Å². The molecule has 2 aromatic rings. The van der Waals surface area contributed by atoms with E-state index in [1.807, 2.05) is 27.0 Å². The van der Waals surface area contributed by atoms with Gasteiger partial charge < -0.3 is 10.6 Å². The molecule has 23 heavy (non-hydrogen) atoms. The first-order valence-corrected chi connectivity index (χ1v) is 7.78. The maximum Gasteiger partial charge on any atom is 0.255 e. The van der Waals surface area contributed by atoms with Crippen LogP contribution >= 0.6 is 0 Å². The zero-order valence-corrected chi connectivity index (χ0v) is 13.6. The van der Waals surface area contributed by atoms with Crippen LogP contribution in [0.1, 0.15) is 35.8 Å². The lowest BCUT2D eigenvalue weighted by molar-refractivity contribution is -0.123. The third kappa shape index (κ3) is 2.67. The van der Waals surface area contributed by atoms with Crippen molar-refractivity contribution in [2.24, 2.45) is 18.7 Å². The van der Waals surface area contributed by atoms with Crippen LogP contribution in [0.15, 0.2) is 12.3 Å². The van der Waals surface area contributed by atoms with Crippen LogP contribution in [0.25, 0.3) is 11.0 Å². The Bertz CT molecular complexity index is 782. The minimum atomic E-state index is -0.341. The van der Waals surface area contributed by atoms with Crippen molar-refractivity contribution in [2.75, 3.05) is 6.54 Å². The molecule has 7 nitrogen and oxygen atoms in total. The Kier molecular flexibility index (Phi) is 3.79. The second-order valence-electron chi connectivity index (χ2n) is 6.29. The highest BCUT2D eigenvalue weighted by Crippen LogP contribution is 2.24. The number of nitrogens with two attached hydrogens (primary N) is 1. The van der Waals surface area contributed by atoms with E-state index in [1.54, 1.807) is 15.8 Å². The molecule has 1 fully saturated rings. The monoisotopic (exact) mass is 315 g/mol. The molecule has 0 bridgehead atoms. The maximum atomic E-state index is 12.8. The van der Waals surface area contributed by atoms with E-state index >= 15 is 0 Å². The second-order valence-corrected chi connectivity index (χ2v) is 6.29. The molecule has 7 heteroatoms. The van der Waals surface area contributed by atoms with E-state index in [0.717, 1.165) is 29.6 Å². The van der Waals surface area contributed by atoms with Crippen molar-refractivity contribution < 1.29 is 9.59 Å². The molecule has 0 spiro atoms. The van der Waals surface area contributed by atoms with E-state index < -0.39 is 0 Å². The van der Waals surface area contributed by atoms with E-state index in [9.17, 15) is 9.59 Å². The third-order valence-electron chi connectivity index (χ3n) is 4.66. The van der Waals surface area contributed by atoms with Crippen LogP contribution in [-0.2, 0) is 11.8 Å². The molecule has 0 radical (unpaired) electrons. The van der Waals surface area contributed by atoms with Crippen LogP contribution in [0.2, 0.25) is 0 Å². The number of fused-ring (bicyclic) bond motifs is 1. The Labute approximate surface area is 134 Å². The lowest BCUT2D eigenvalue weighted by Crippen LogP contribution is -2.48. The summed E-state index contributed by atoms with van der Waals surface area (Å²) in [5.74, 6) is -0.723. The zero-order chi connectivity index (χ0) is 16.7. The second kappa shape index (κ2) is 5.64. The van der Waals surface area contributed by atoms with Gasteiger partial charge in [0.05, 0.1) is 17.2 Å².